The van der Waals surface area contributed by atoms with E-state index in [9.17, 15) is 0 Å². The molecular weight excluding hydrogens is 240 g/mol. The molecular formula is C15H28N2S. The molecule has 0 unspecified atom stereocenters. The summed E-state index contributed by atoms with van der Waals surface area (Å²) in [7, 11) is 0. The highest BCUT2D eigenvalue weighted by molar-refractivity contribution is 7.80. The quantitative estimate of drug-likeness (QED) is 0.746. The molecule has 0 saturated heterocycles. The molecule has 0 aromatic rings. The van der Waals surface area contributed by atoms with Crippen molar-refractivity contribution < 1.29 is 0 Å². The summed E-state index contributed by atoms with van der Waals surface area (Å²) < 4.78 is 0. The zero-order valence-electron chi connectivity index (χ0n) is 11.9. The molecule has 2 nitrogen and oxygen atoms in total. The molecule has 0 aromatic heterocycles. The van der Waals surface area contributed by atoms with Gasteiger partial charge in [-0.05, 0) is 56.2 Å². The largest absolute Gasteiger partial charge is 0.360 e. The topological polar surface area (TPSA) is 24.1 Å². The molecule has 2 aliphatic rings. The van der Waals surface area contributed by atoms with Crippen molar-refractivity contribution in [1.82, 2.24) is 10.6 Å². The second-order valence-electron chi connectivity index (χ2n) is 6.89. The van der Waals surface area contributed by atoms with E-state index in [4.69, 9.17) is 12.2 Å². The van der Waals surface area contributed by atoms with Crippen molar-refractivity contribution in [2.75, 3.05) is 0 Å². The van der Waals surface area contributed by atoms with E-state index < -0.39 is 0 Å². The van der Waals surface area contributed by atoms with Crippen molar-refractivity contribution in [3.8, 4) is 0 Å². The zero-order chi connectivity index (χ0) is 13.0. The van der Waals surface area contributed by atoms with Gasteiger partial charge in [0.05, 0.1) is 0 Å². The van der Waals surface area contributed by atoms with Crippen LogP contribution < -0.4 is 10.6 Å². The molecule has 2 rings (SSSR count). The standard InChI is InChI=1S/C15H28N2S/c1-15(2)10-8-13(9-11-15)17-14(18)16-12-6-4-3-5-7-12/h12-13H,3-11H2,1-2H3,(H2,16,17,18). The molecule has 3 heteroatoms. The Hall–Kier alpha value is -0.310. The Bertz CT molecular complexity index is 272. The summed E-state index contributed by atoms with van der Waals surface area (Å²) in [5.74, 6) is 0. The Balaban J connectivity index is 1.68. The van der Waals surface area contributed by atoms with Gasteiger partial charge in [0, 0.05) is 12.1 Å². The van der Waals surface area contributed by atoms with Gasteiger partial charge in [-0.1, -0.05) is 33.1 Å². The van der Waals surface area contributed by atoms with Crippen LogP contribution in [0.2, 0.25) is 0 Å². The van der Waals surface area contributed by atoms with Crippen molar-refractivity contribution in [3.63, 3.8) is 0 Å². The maximum Gasteiger partial charge on any atom is 0.166 e. The summed E-state index contributed by atoms with van der Waals surface area (Å²) in [6.07, 6.45) is 11.9. The van der Waals surface area contributed by atoms with E-state index in [1.165, 1.54) is 57.8 Å². The van der Waals surface area contributed by atoms with E-state index >= 15 is 0 Å². The Labute approximate surface area is 117 Å². The summed E-state index contributed by atoms with van der Waals surface area (Å²) in [6, 6.07) is 1.22. The highest BCUT2D eigenvalue weighted by Gasteiger charge is 2.27. The smallest absolute Gasteiger partial charge is 0.166 e. The average molecular weight is 268 g/mol. The third-order valence-corrected chi connectivity index (χ3v) is 4.85. The molecule has 2 aliphatic carbocycles. The van der Waals surface area contributed by atoms with Crippen molar-refractivity contribution in [2.24, 2.45) is 5.41 Å². The number of hydrogen-bond acceptors (Lipinski definition) is 1. The van der Waals surface area contributed by atoms with Crippen molar-refractivity contribution >= 4 is 17.3 Å². The molecule has 0 aromatic carbocycles. The highest BCUT2D eigenvalue weighted by atomic mass is 32.1. The fraction of sp³-hybridized carbons (Fsp3) is 0.933. The summed E-state index contributed by atoms with van der Waals surface area (Å²) in [5.41, 5.74) is 0.538. The first kappa shape index (κ1) is 14.1. The predicted molar refractivity (Wildman–Crippen MR) is 81.8 cm³/mol. The summed E-state index contributed by atoms with van der Waals surface area (Å²) >= 11 is 5.45. The zero-order valence-corrected chi connectivity index (χ0v) is 12.7. The van der Waals surface area contributed by atoms with Gasteiger partial charge in [0.15, 0.2) is 5.11 Å². The van der Waals surface area contributed by atoms with Gasteiger partial charge in [-0.25, -0.2) is 0 Å². The second kappa shape index (κ2) is 6.23. The summed E-state index contributed by atoms with van der Waals surface area (Å²) in [5, 5.41) is 7.93. The monoisotopic (exact) mass is 268 g/mol. The maximum atomic E-state index is 5.45. The number of nitrogens with one attached hydrogen (secondary N) is 2. The molecule has 0 atom stereocenters. The minimum Gasteiger partial charge on any atom is -0.360 e. The average Bonchev–Trinajstić information content (AvgIpc) is 2.33. The molecule has 0 radical (unpaired) electrons. The normalized spacial score (nSPS) is 25.7. The van der Waals surface area contributed by atoms with Gasteiger partial charge in [0.1, 0.15) is 0 Å². The first-order valence-electron chi connectivity index (χ1n) is 7.62. The van der Waals surface area contributed by atoms with Gasteiger partial charge in [-0.3, -0.25) is 0 Å². The number of hydrogen-bond donors (Lipinski definition) is 2. The maximum absolute atomic E-state index is 5.45. The van der Waals surface area contributed by atoms with Crippen molar-refractivity contribution in [2.45, 2.75) is 83.7 Å². The first-order chi connectivity index (χ1) is 8.55. The van der Waals surface area contributed by atoms with Crippen LogP contribution in [0.15, 0.2) is 0 Å². The van der Waals surface area contributed by atoms with Crippen LogP contribution >= 0.6 is 12.2 Å². The van der Waals surface area contributed by atoms with Crippen LogP contribution in [-0.2, 0) is 0 Å². The molecule has 18 heavy (non-hydrogen) atoms. The van der Waals surface area contributed by atoms with Crippen molar-refractivity contribution in [1.29, 1.82) is 0 Å². The molecule has 2 N–H and O–H groups in total. The molecule has 0 spiro atoms. The minimum atomic E-state index is 0.538. The molecule has 0 heterocycles. The van der Waals surface area contributed by atoms with Crippen LogP contribution in [0, 0.1) is 5.41 Å². The molecule has 2 saturated carbocycles. The lowest BCUT2D eigenvalue weighted by Crippen LogP contribution is -2.48. The summed E-state index contributed by atoms with van der Waals surface area (Å²) in [6.45, 7) is 4.75. The van der Waals surface area contributed by atoms with Gasteiger partial charge in [-0.2, -0.15) is 0 Å². The Kier molecular flexibility index (Phi) is 4.88. The Morgan fingerprint density at radius 2 is 1.39 bits per heavy atom. The van der Waals surface area contributed by atoms with Crippen LogP contribution in [0.25, 0.3) is 0 Å². The van der Waals surface area contributed by atoms with E-state index in [1.54, 1.807) is 0 Å². The molecule has 0 amide bonds. The van der Waals surface area contributed by atoms with Gasteiger partial charge in [0.2, 0.25) is 0 Å². The van der Waals surface area contributed by atoms with Gasteiger partial charge < -0.3 is 10.6 Å². The van der Waals surface area contributed by atoms with E-state index in [0.717, 1.165) is 5.11 Å². The van der Waals surface area contributed by atoms with Crippen LogP contribution in [-0.4, -0.2) is 17.2 Å². The summed E-state index contributed by atoms with van der Waals surface area (Å²) in [4.78, 5) is 0. The predicted octanol–water partition coefficient (Wildman–Crippen LogP) is 3.75. The Morgan fingerprint density at radius 3 is 1.94 bits per heavy atom. The van der Waals surface area contributed by atoms with E-state index in [2.05, 4.69) is 24.5 Å². The lowest BCUT2D eigenvalue weighted by Gasteiger charge is -2.35. The SMILES string of the molecule is CC1(C)CCC(NC(=S)NC2CCCCC2)CC1. The molecule has 0 aliphatic heterocycles. The minimum absolute atomic E-state index is 0.538. The number of thiocarbonyl (C=S) groups is 1. The fourth-order valence-electron chi connectivity index (χ4n) is 3.20. The lowest BCUT2D eigenvalue weighted by molar-refractivity contribution is 0.216. The van der Waals surface area contributed by atoms with Gasteiger partial charge in [0.25, 0.3) is 0 Å². The Morgan fingerprint density at radius 1 is 0.889 bits per heavy atom. The van der Waals surface area contributed by atoms with Crippen LogP contribution in [0.1, 0.15) is 71.6 Å². The third-order valence-electron chi connectivity index (χ3n) is 4.61. The van der Waals surface area contributed by atoms with Crippen LogP contribution in [0.3, 0.4) is 0 Å². The molecule has 0 bridgehead atoms. The van der Waals surface area contributed by atoms with Gasteiger partial charge >= 0.3 is 0 Å². The van der Waals surface area contributed by atoms with E-state index in [1.807, 2.05) is 0 Å². The van der Waals surface area contributed by atoms with E-state index in [-0.39, 0.29) is 0 Å². The molecule has 2 fully saturated rings. The molecule has 104 valence electrons. The van der Waals surface area contributed by atoms with Crippen LogP contribution in [0.4, 0.5) is 0 Å². The first-order valence-corrected chi connectivity index (χ1v) is 8.03. The fourth-order valence-corrected chi connectivity index (χ4v) is 3.54. The van der Waals surface area contributed by atoms with Gasteiger partial charge in [-0.15, -0.1) is 0 Å². The van der Waals surface area contributed by atoms with Crippen LogP contribution in [0.5, 0.6) is 0 Å². The third kappa shape index (κ3) is 4.42. The second-order valence-corrected chi connectivity index (χ2v) is 7.30. The lowest BCUT2D eigenvalue weighted by atomic mass is 9.76. The number of rotatable bonds is 2. The van der Waals surface area contributed by atoms with Crippen molar-refractivity contribution in [3.05, 3.63) is 0 Å². The highest BCUT2D eigenvalue weighted by Crippen LogP contribution is 2.34. The van der Waals surface area contributed by atoms with E-state index in [0.29, 0.717) is 17.5 Å².